The lowest BCUT2D eigenvalue weighted by Crippen LogP contribution is -1.96. The van der Waals surface area contributed by atoms with Crippen LogP contribution in [-0.4, -0.2) is 19.7 Å². The van der Waals surface area contributed by atoms with Crippen molar-refractivity contribution in [2.24, 2.45) is 0 Å². The van der Waals surface area contributed by atoms with Crippen molar-refractivity contribution in [3.8, 4) is 11.5 Å². The van der Waals surface area contributed by atoms with Crippen molar-refractivity contribution in [1.82, 2.24) is 0 Å². The van der Waals surface area contributed by atoms with Gasteiger partial charge in [-0.05, 0) is 36.4 Å². The van der Waals surface area contributed by atoms with E-state index in [2.05, 4.69) is 0 Å². The summed E-state index contributed by atoms with van der Waals surface area (Å²) in [5, 5.41) is 0. The highest BCUT2D eigenvalue weighted by atomic mass is 16.5. The minimum atomic E-state index is -0.347. The van der Waals surface area contributed by atoms with Crippen molar-refractivity contribution in [2.75, 3.05) is 13.7 Å². The Bertz CT molecular complexity index is 457. The van der Waals surface area contributed by atoms with Crippen LogP contribution in [0.5, 0.6) is 11.5 Å². The first-order chi connectivity index (χ1) is 8.28. The number of benzene rings is 1. The standard InChI is InChI=1S/C13H12O4/c1-15-10-2-4-11(5-3-10)16-9-8-12-6-7-13(14)17-12/h2-8H,9H2,1H3/b12-8-. The molecule has 2 rings (SSSR count). The molecule has 1 aliphatic heterocycles. The quantitative estimate of drug-likeness (QED) is 0.745. The molecule has 1 aliphatic rings. The molecule has 0 N–H and O–H groups in total. The van der Waals surface area contributed by atoms with Crippen LogP contribution < -0.4 is 9.47 Å². The Hall–Kier alpha value is -2.23. The van der Waals surface area contributed by atoms with Crippen LogP contribution in [0.2, 0.25) is 0 Å². The van der Waals surface area contributed by atoms with E-state index in [4.69, 9.17) is 14.2 Å². The van der Waals surface area contributed by atoms with E-state index < -0.39 is 0 Å². The molecule has 0 saturated heterocycles. The lowest BCUT2D eigenvalue weighted by atomic mass is 10.3. The zero-order chi connectivity index (χ0) is 12.1. The van der Waals surface area contributed by atoms with E-state index in [0.29, 0.717) is 12.4 Å². The maximum atomic E-state index is 10.8. The zero-order valence-corrected chi connectivity index (χ0v) is 9.38. The molecule has 88 valence electrons. The summed E-state index contributed by atoms with van der Waals surface area (Å²) in [6.45, 7) is 0.347. The van der Waals surface area contributed by atoms with Gasteiger partial charge in [0.05, 0.1) is 7.11 Å². The summed E-state index contributed by atoms with van der Waals surface area (Å²) in [7, 11) is 1.61. The lowest BCUT2D eigenvalue weighted by molar-refractivity contribution is -0.132. The van der Waals surface area contributed by atoms with Gasteiger partial charge in [0.15, 0.2) is 0 Å². The predicted octanol–water partition coefficient (Wildman–Crippen LogP) is 2.07. The van der Waals surface area contributed by atoms with Gasteiger partial charge < -0.3 is 14.2 Å². The molecule has 1 aromatic carbocycles. The van der Waals surface area contributed by atoms with Gasteiger partial charge in [-0.1, -0.05) is 0 Å². The number of methoxy groups -OCH3 is 1. The van der Waals surface area contributed by atoms with Crippen molar-refractivity contribution in [3.05, 3.63) is 48.3 Å². The maximum absolute atomic E-state index is 10.8. The molecule has 0 unspecified atom stereocenters. The Kier molecular flexibility index (Phi) is 3.45. The van der Waals surface area contributed by atoms with Crippen LogP contribution in [0.1, 0.15) is 0 Å². The summed E-state index contributed by atoms with van der Waals surface area (Å²) >= 11 is 0. The van der Waals surface area contributed by atoms with Gasteiger partial charge in [-0.15, -0.1) is 0 Å². The molecule has 1 heterocycles. The molecule has 0 amide bonds. The Balaban J connectivity index is 1.85. The van der Waals surface area contributed by atoms with E-state index in [1.165, 1.54) is 6.08 Å². The highest BCUT2D eigenvalue weighted by Crippen LogP contribution is 2.17. The number of esters is 1. The van der Waals surface area contributed by atoms with Crippen LogP contribution in [0.3, 0.4) is 0 Å². The largest absolute Gasteiger partial charge is 0.497 e. The summed E-state index contributed by atoms with van der Waals surface area (Å²) in [6, 6.07) is 7.26. The molecule has 0 saturated carbocycles. The number of cyclic esters (lactones) is 1. The third-order valence-electron chi connectivity index (χ3n) is 2.20. The van der Waals surface area contributed by atoms with Gasteiger partial charge in [-0.2, -0.15) is 0 Å². The Morgan fingerprint density at radius 3 is 2.47 bits per heavy atom. The molecule has 0 spiro atoms. The predicted molar refractivity (Wildman–Crippen MR) is 61.8 cm³/mol. The minimum absolute atomic E-state index is 0.347. The van der Waals surface area contributed by atoms with Gasteiger partial charge in [0.2, 0.25) is 0 Å². The van der Waals surface area contributed by atoms with Crippen molar-refractivity contribution >= 4 is 5.97 Å². The van der Waals surface area contributed by atoms with Crippen molar-refractivity contribution in [1.29, 1.82) is 0 Å². The molecule has 17 heavy (non-hydrogen) atoms. The smallest absolute Gasteiger partial charge is 0.336 e. The number of carbonyl (C=O) groups excluding carboxylic acids is 1. The van der Waals surface area contributed by atoms with Crippen LogP contribution in [0.15, 0.2) is 48.3 Å². The third-order valence-corrected chi connectivity index (χ3v) is 2.20. The normalized spacial score (nSPS) is 16.1. The van der Waals surface area contributed by atoms with E-state index in [0.717, 1.165) is 11.5 Å². The third kappa shape index (κ3) is 3.11. The molecule has 0 bridgehead atoms. The average Bonchev–Trinajstić information content (AvgIpc) is 2.76. The van der Waals surface area contributed by atoms with Crippen LogP contribution >= 0.6 is 0 Å². The Labute approximate surface area is 99.1 Å². The molecule has 0 aromatic heterocycles. The first kappa shape index (κ1) is 11.3. The van der Waals surface area contributed by atoms with E-state index in [1.54, 1.807) is 19.3 Å². The number of hydrogen-bond acceptors (Lipinski definition) is 4. The second-order valence-corrected chi connectivity index (χ2v) is 3.35. The van der Waals surface area contributed by atoms with Gasteiger partial charge in [0.1, 0.15) is 23.9 Å². The first-order valence-electron chi connectivity index (χ1n) is 5.15. The first-order valence-corrected chi connectivity index (χ1v) is 5.15. The van der Waals surface area contributed by atoms with Crippen LogP contribution in [0.4, 0.5) is 0 Å². The molecular weight excluding hydrogens is 220 g/mol. The Morgan fingerprint density at radius 1 is 1.18 bits per heavy atom. The molecule has 0 aliphatic carbocycles. The minimum Gasteiger partial charge on any atom is -0.497 e. The molecule has 4 nitrogen and oxygen atoms in total. The van der Waals surface area contributed by atoms with Gasteiger partial charge >= 0.3 is 5.97 Å². The van der Waals surface area contributed by atoms with E-state index >= 15 is 0 Å². The number of allylic oxidation sites excluding steroid dienone is 1. The number of hydrogen-bond donors (Lipinski definition) is 0. The van der Waals surface area contributed by atoms with Crippen molar-refractivity contribution < 1.29 is 19.0 Å². The topological polar surface area (TPSA) is 44.8 Å². The number of carbonyl (C=O) groups is 1. The van der Waals surface area contributed by atoms with E-state index in [1.807, 2.05) is 24.3 Å². The zero-order valence-electron chi connectivity index (χ0n) is 9.38. The fourth-order valence-electron chi connectivity index (χ4n) is 1.34. The molecule has 0 radical (unpaired) electrons. The second-order valence-electron chi connectivity index (χ2n) is 3.35. The van der Waals surface area contributed by atoms with E-state index in [9.17, 15) is 4.79 Å². The summed E-state index contributed by atoms with van der Waals surface area (Å²) < 4.78 is 15.3. The SMILES string of the molecule is COc1ccc(OC/C=C2/C=CC(=O)O2)cc1. The maximum Gasteiger partial charge on any atom is 0.336 e. The van der Waals surface area contributed by atoms with Gasteiger partial charge in [-0.25, -0.2) is 4.79 Å². The van der Waals surface area contributed by atoms with Crippen LogP contribution in [0.25, 0.3) is 0 Å². The highest BCUT2D eigenvalue weighted by Gasteiger charge is 2.08. The van der Waals surface area contributed by atoms with E-state index in [-0.39, 0.29) is 5.97 Å². The van der Waals surface area contributed by atoms with Crippen molar-refractivity contribution in [2.45, 2.75) is 0 Å². The molecule has 4 heteroatoms. The fourth-order valence-corrected chi connectivity index (χ4v) is 1.34. The summed E-state index contributed by atoms with van der Waals surface area (Å²) in [5.41, 5.74) is 0. The van der Waals surface area contributed by atoms with Crippen LogP contribution in [0, 0.1) is 0 Å². The summed E-state index contributed by atoms with van der Waals surface area (Å²) in [4.78, 5) is 10.8. The number of rotatable bonds is 4. The Morgan fingerprint density at radius 2 is 1.88 bits per heavy atom. The second kappa shape index (κ2) is 5.21. The lowest BCUT2D eigenvalue weighted by Gasteiger charge is -2.04. The van der Waals surface area contributed by atoms with Crippen molar-refractivity contribution in [3.63, 3.8) is 0 Å². The summed E-state index contributed by atoms with van der Waals surface area (Å²) in [6.07, 6.45) is 4.69. The monoisotopic (exact) mass is 232 g/mol. The van der Waals surface area contributed by atoms with Gasteiger partial charge in [0, 0.05) is 6.08 Å². The molecule has 1 aromatic rings. The average molecular weight is 232 g/mol. The molecular formula is C13H12O4. The number of ether oxygens (including phenoxy) is 3. The summed E-state index contributed by atoms with van der Waals surface area (Å²) in [5.74, 6) is 1.68. The van der Waals surface area contributed by atoms with Gasteiger partial charge in [-0.3, -0.25) is 0 Å². The van der Waals surface area contributed by atoms with Crippen LogP contribution in [-0.2, 0) is 9.53 Å². The highest BCUT2D eigenvalue weighted by molar-refractivity contribution is 5.86. The molecule has 0 fully saturated rings. The fraction of sp³-hybridized carbons (Fsp3) is 0.154. The molecule has 0 atom stereocenters. The van der Waals surface area contributed by atoms with Gasteiger partial charge in [0.25, 0.3) is 0 Å².